The summed E-state index contributed by atoms with van der Waals surface area (Å²) < 4.78 is 30.3. The van der Waals surface area contributed by atoms with Gasteiger partial charge in [0, 0.05) is 3.57 Å². The van der Waals surface area contributed by atoms with Crippen molar-refractivity contribution in [3.05, 3.63) is 27.3 Å². The monoisotopic (exact) mass is 296 g/mol. The number of benzene rings is 1. The van der Waals surface area contributed by atoms with E-state index in [1.165, 1.54) is 12.1 Å². The molecule has 0 saturated carbocycles. The van der Waals surface area contributed by atoms with Crippen LogP contribution in [0.5, 0.6) is 5.75 Å². The molecule has 0 aromatic heterocycles. The number of Topliss-reactive ketones (excluding diaryl/α,β-unsaturated/α-hetero) is 1. The number of hydrogen-bond donors (Lipinski definition) is 0. The quantitative estimate of drug-likeness (QED) is 0.687. The van der Waals surface area contributed by atoms with Crippen LogP contribution >= 0.6 is 22.6 Å². The highest BCUT2D eigenvalue weighted by atomic mass is 127. The van der Waals surface area contributed by atoms with E-state index in [2.05, 4.69) is 4.74 Å². The van der Waals surface area contributed by atoms with Crippen LogP contribution in [0.15, 0.2) is 18.2 Å². The van der Waals surface area contributed by atoms with E-state index < -0.39 is 11.9 Å². The molecule has 1 aromatic carbocycles. The molecule has 0 spiro atoms. The minimum absolute atomic E-state index is 0.0445. The van der Waals surface area contributed by atoms with Gasteiger partial charge in [-0.05, 0) is 40.8 Å². The summed E-state index contributed by atoms with van der Waals surface area (Å²) in [7, 11) is 0. The summed E-state index contributed by atoms with van der Waals surface area (Å²) in [5.74, 6) is -1.31. The van der Waals surface area contributed by atoms with E-state index in [1.807, 2.05) is 22.6 Å². The topological polar surface area (TPSA) is 26.3 Å². The summed E-state index contributed by atoms with van der Waals surface area (Å²) in [5, 5.41) is 0. The van der Waals surface area contributed by atoms with Gasteiger partial charge in [0.15, 0.2) is 0 Å². The first-order chi connectivity index (χ1) is 6.00. The van der Waals surface area contributed by atoms with Gasteiger partial charge in [0.25, 0.3) is 5.78 Å². The van der Waals surface area contributed by atoms with Crippen molar-refractivity contribution in [1.82, 2.24) is 0 Å². The van der Waals surface area contributed by atoms with Gasteiger partial charge in [-0.2, -0.15) is 8.78 Å². The van der Waals surface area contributed by atoms with Crippen molar-refractivity contribution in [3.8, 4) is 5.75 Å². The van der Waals surface area contributed by atoms with E-state index in [9.17, 15) is 13.6 Å². The number of alkyl halides is 2. The zero-order valence-corrected chi connectivity index (χ0v) is 8.34. The van der Waals surface area contributed by atoms with Crippen molar-refractivity contribution in [2.75, 3.05) is 0 Å². The molecule has 5 heteroatoms. The van der Waals surface area contributed by atoms with Gasteiger partial charge in [0.2, 0.25) is 0 Å². The first-order valence-electron chi connectivity index (χ1n) is 3.42. The Morgan fingerprint density at radius 3 is 2.77 bits per heavy atom. The maximum absolute atomic E-state index is 12.7. The van der Waals surface area contributed by atoms with Crippen molar-refractivity contribution < 1.29 is 18.3 Å². The number of ketones is 1. The van der Waals surface area contributed by atoms with E-state index in [0.717, 1.165) is 3.57 Å². The SMILES string of the molecule is O=C1c2cc(I)ccc2OC1(F)F. The van der Waals surface area contributed by atoms with Crippen LogP contribution in [0.3, 0.4) is 0 Å². The molecule has 1 aliphatic rings. The number of hydrogen-bond acceptors (Lipinski definition) is 2. The Morgan fingerprint density at radius 1 is 1.38 bits per heavy atom. The molecule has 0 radical (unpaired) electrons. The Balaban J connectivity index is 2.57. The Hall–Kier alpha value is -0.720. The number of ether oxygens (including phenoxy) is 1. The van der Waals surface area contributed by atoms with Gasteiger partial charge in [-0.25, -0.2) is 0 Å². The maximum Gasteiger partial charge on any atom is 0.466 e. The molecule has 1 aliphatic heterocycles. The van der Waals surface area contributed by atoms with Crippen molar-refractivity contribution in [3.63, 3.8) is 0 Å². The minimum Gasteiger partial charge on any atom is -0.426 e. The van der Waals surface area contributed by atoms with Gasteiger partial charge in [-0.3, -0.25) is 4.79 Å². The molecule has 0 saturated heterocycles. The summed E-state index contributed by atoms with van der Waals surface area (Å²) in [6, 6.07) is 4.36. The zero-order chi connectivity index (χ0) is 9.64. The third-order valence-corrected chi connectivity index (χ3v) is 2.36. The number of carbonyl (C=O) groups is 1. The second-order valence-electron chi connectivity index (χ2n) is 2.59. The maximum atomic E-state index is 12.7. The highest BCUT2D eigenvalue weighted by Crippen LogP contribution is 2.37. The molecule has 0 unspecified atom stereocenters. The molecule has 13 heavy (non-hydrogen) atoms. The van der Waals surface area contributed by atoms with Gasteiger partial charge in [0.05, 0.1) is 5.56 Å². The first-order valence-corrected chi connectivity index (χ1v) is 4.50. The summed E-state index contributed by atoms with van der Waals surface area (Å²) in [6.07, 6.45) is -3.69. The predicted octanol–water partition coefficient (Wildman–Crippen LogP) is 2.46. The lowest BCUT2D eigenvalue weighted by Gasteiger charge is -2.04. The van der Waals surface area contributed by atoms with Gasteiger partial charge in [-0.1, -0.05) is 0 Å². The predicted molar refractivity (Wildman–Crippen MR) is 49.1 cm³/mol. The molecule has 0 bridgehead atoms. The number of rotatable bonds is 0. The van der Waals surface area contributed by atoms with Crippen LogP contribution in [0, 0.1) is 3.57 Å². The summed E-state index contributed by atoms with van der Waals surface area (Å²) in [5.41, 5.74) is -0.0445. The normalized spacial score (nSPS) is 18.2. The van der Waals surface area contributed by atoms with Crippen LogP contribution < -0.4 is 4.74 Å². The van der Waals surface area contributed by atoms with E-state index in [4.69, 9.17) is 0 Å². The van der Waals surface area contributed by atoms with Crippen molar-refractivity contribution in [2.24, 2.45) is 0 Å². The zero-order valence-electron chi connectivity index (χ0n) is 6.18. The van der Waals surface area contributed by atoms with Crippen LogP contribution in [0.4, 0.5) is 8.78 Å². The molecule has 0 amide bonds. The second kappa shape index (κ2) is 2.63. The molecule has 1 heterocycles. The van der Waals surface area contributed by atoms with Crippen LogP contribution in [0.2, 0.25) is 0 Å². The molecule has 1 aromatic rings. The second-order valence-corrected chi connectivity index (χ2v) is 3.83. The van der Waals surface area contributed by atoms with E-state index in [-0.39, 0.29) is 11.3 Å². The molecular weight excluding hydrogens is 293 g/mol. The molecule has 0 aliphatic carbocycles. The smallest absolute Gasteiger partial charge is 0.426 e. The fourth-order valence-corrected chi connectivity index (χ4v) is 1.60. The summed E-state index contributed by atoms with van der Waals surface area (Å²) in [6.45, 7) is 0. The Labute approximate surface area is 86.0 Å². The standard InChI is InChI=1S/C8H3F2IO2/c9-8(10)7(12)5-3-4(11)1-2-6(5)13-8/h1-3H. The molecule has 2 rings (SSSR count). The largest absolute Gasteiger partial charge is 0.466 e. The molecular formula is C8H3F2IO2. The van der Waals surface area contributed by atoms with E-state index in [1.54, 1.807) is 6.07 Å². The van der Waals surface area contributed by atoms with Gasteiger partial charge >= 0.3 is 6.11 Å². The Kier molecular flexibility index (Phi) is 1.79. The molecule has 0 N–H and O–H groups in total. The van der Waals surface area contributed by atoms with Crippen LogP contribution in [-0.4, -0.2) is 11.9 Å². The number of halogens is 3. The third kappa shape index (κ3) is 1.31. The number of carbonyl (C=O) groups excluding carboxylic acids is 1. The lowest BCUT2D eigenvalue weighted by atomic mass is 10.1. The summed E-state index contributed by atoms with van der Waals surface area (Å²) in [4.78, 5) is 11.0. The van der Waals surface area contributed by atoms with Crippen molar-refractivity contribution in [1.29, 1.82) is 0 Å². The van der Waals surface area contributed by atoms with Crippen molar-refractivity contribution in [2.45, 2.75) is 6.11 Å². The lowest BCUT2D eigenvalue weighted by Crippen LogP contribution is -2.28. The molecule has 2 nitrogen and oxygen atoms in total. The average Bonchev–Trinajstić information content (AvgIpc) is 2.26. The van der Waals surface area contributed by atoms with Gasteiger partial charge < -0.3 is 4.74 Å². The van der Waals surface area contributed by atoms with Crippen LogP contribution in [0.1, 0.15) is 10.4 Å². The van der Waals surface area contributed by atoms with Crippen molar-refractivity contribution >= 4 is 28.4 Å². The first kappa shape index (κ1) is 8.86. The van der Waals surface area contributed by atoms with E-state index in [0.29, 0.717) is 0 Å². The minimum atomic E-state index is -3.69. The van der Waals surface area contributed by atoms with Crippen LogP contribution in [-0.2, 0) is 0 Å². The number of fused-ring (bicyclic) bond motifs is 1. The fraction of sp³-hybridized carbons (Fsp3) is 0.125. The Bertz CT molecular complexity index is 390. The fourth-order valence-electron chi connectivity index (χ4n) is 1.11. The molecule has 68 valence electrons. The van der Waals surface area contributed by atoms with Gasteiger partial charge in [-0.15, -0.1) is 0 Å². The third-order valence-electron chi connectivity index (χ3n) is 1.69. The van der Waals surface area contributed by atoms with Gasteiger partial charge in [0.1, 0.15) is 5.75 Å². The van der Waals surface area contributed by atoms with Crippen LogP contribution in [0.25, 0.3) is 0 Å². The highest BCUT2D eigenvalue weighted by molar-refractivity contribution is 14.1. The summed E-state index contributed by atoms with van der Waals surface area (Å²) >= 11 is 1.94. The highest BCUT2D eigenvalue weighted by Gasteiger charge is 2.49. The van der Waals surface area contributed by atoms with E-state index >= 15 is 0 Å². The average molecular weight is 296 g/mol. The molecule has 0 atom stereocenters. The Morgan fingerprint density at radius 2 is 2.08 bits per heavy atom. The molecule has 0 fully saturated rings. The lowest BCUT2D eigenvalue weighted by molar-refractivity contribution is -0.123.